The van der Waals surface area contributed by atoms with Gasteiger partial charge in [-0.15, -0.1) is 0 Å². The van der Waals surface area contributed by atoms with Gasteiger partial charge in [0.25, 0.3) is 0 Å². The van der Waals surface area contributed by atoms with Crippen LogP contribution >= 0.6 is 0 Å². The first kappa shape index (κ1) is 42.5. The number of ether oxygens (including phenoxy) is 9. The van der Waals surface area contributed by atoms with E-state index in [9.17, 15) is 85.3 Å². The van der Waals surface area contributed by atoms with Gasteiger partial charge in [0.05, 0.1) is 7.11 Å². The SMILES string of the molecule is COC(=O)[C@H]1O[C@H](O[C@@H]2[C@H](O)[C@@H](O)[C@H](O)O[C@@H]2C(=O)O)[C@H](O)[C@@H](O)[C@H]1O[C@H]1O[C@H](C(=O)O)[C@H](O[C@H]2O[C@H](C(=O)O)[C@H](O)[C@H](O)[C@H]2O)[C@H](O)[C@H]1OC(C)=O. The number of aliphatic carboxylic acids is 3. The zero-order chi connectivity index (χ0) is 39.8. The first-order valence-electron chi connectivity index (χ1n) is 15.4. The second kappa shape index (κ2) is 17.0. The van der Waals surface area contributed by atoms with Crippen molar-refractivity contribution in [1.82, 2.24) is 0 Å². The van der Waals surface area contributed by atoms with Gasteiger partial charge in [-0.2, -0.15) is 0 Å². The van der Waals surface area contributed by atoms with Gasteiger partial charge in [-0.05, 0) is 0 Å². The van der Waals surface area contributed by atoms with Crippen LogP contribution in [-0.4, -0.2) is 221 Å². The summed E-state index contributed by atoms with van der Waals surface area (Å²) in [6.07, 6.45) is -45.1. The zero-order valence-electron chi connectivity index (χ0n) is 27.1. The maximum Gasteiger partial charge on any atom is 0.337 e. The van der Waals surface area contributed by atoms with E-state index in [0.717, 1.165) is 14.0 Å². The van der Waals surface area contributed by atoms with Crippen molar-refractivity contribution in [2.45, 2.75) is 130 Å². The van der Waals surface area contributed by atoms with Gasteiger partial charge in [0.2, 0.25) is 0 Å². The third-order valence-corrected chi connectivity index (χ3v) is 8.54. The van der Waals surface area contributed by atoms with Crippen molar-refractivity contribution in [2.75, 3.05) is 7.11 Å². The lowest BCUT2D eigenvalue weighted by Crippen LogP contribution is -2.68. The van der Waals surface area contributed by atoms with Crippen LogP contribution in [0.3, 0.4) is 0 Å². The summed E-state index contributed by atoms with van der Waals surface area (Å²) < 4.78 is 46.3. The van der Waals surface area contributed by atoms with Crippen LogP contribution in [0.5, 0.6) is 0 Å². The molecule has 4 heterocycles. The molecule has 0 aromatic rings. The molecule has 4 aliphatic heterocycles. The fraction of sp³-hybridized carbons (Fsp3) is 0.815. The normalized spacial score (nSPS) is 46.2. The maximum atomic E-state index is 12.8. The molecule has 0 aromatic carbocycles. The van der Waals surface area contributed by atoms with E-state index in [1.807, 2.05) is 0 Å². The highest BCUT2D eigenvalue weighted by Crippen LogP contribution is 2.35. The molecule has 4 rings (SSSR count). The largest absolute Gasteiger partial charge is 0.479 e. The highest BCUT2D eigenvalue weighted by molar-refractivity contribution is 5.76. The van der Waals surface area contributed by atoms with Crippen LogP contribution in [0.2, 0.25) is 0 Å². The Balaban J connectivity index is 1.61. The van der Waals surface area contributed by atoms with Gasteiger partial charge in [-0.1, -0.05) is 0 Å². The van der Waals surface area contributed by atoms with Crippen molar-refractivity contribution in [1.29, 1.82) is 0 Å². The zero-order valence-corrected chi connectivity index (χ0v) is 27.1. The predicted molar refractivity (Wildman–Crippen MR) is 150 cm³/mol. The van der Waals surface area contributed by atoms with Gasteiger partial charge in [-0.25, -0.2) is 19.2 Å². The number of hydrogen-bond donors (Lipinski definition) is 12. The molecular weight excluding hydrogens is 740 g/mol. The number of rotatable bonds is 11. The fourth-order valence-electron chi connectivity index (χ4n) is 5.84. The molecule has 53 heavy (non-hydrogen) atoms. The maximum absolute atomic E-state index is 12.8. The summed E-state index contributed by atoms with van der Waals surface area (Å²) in [6.45, 7) is 0.803. The molecule has 4 saturated heterocycles. The Hall–Kier alpha value is -3.29. The molecule has 26 heteroatoms. The Labute approximate surface area is 295 Å². The van der Waals surface area contributed by atoms with Gasteiger partial charge in [0.15, 0.2) is 55.7 Å². The number of esters is 2. The Morgan fingerprint density at radius 1 is 0.453 bits per heavy atom. The van der Waals surface area contributed by atoms with Gasteiger partial charge >= 0.3 is 29.8 Å². The minimum absolute atomic E-state index is 0.803. The summed E-state index contributed by atoms with van der Waals surface area (Å²) in [7, 11) is 0.810. The summed E-state index contributed by atoms with van der Waals surface area (Å²) in [6, 6.07) is 0. The van der Waals surface area contributed by atoms with Crippen molar-refractivity contribution in [2.24, 2.45) is 0 Å². The lowest BCUT2D eigenvalue weighted by molar-refractivity contribution is -0.378. The van der Waals surface area contributed by atoms with Crippen LogP contribution in [0.4, 0.5) is 0 Å². The van der Waals surface area contributed by atoms with Crippen LogP contribution < -0.4 is 0 Å². The molecule has 0 amide bonds. The highest BCUT2D eigenvalue weighted by Gasteiger charge is 2.59. The molecule has 302 valence electrons. The predicted octanol–water partition coefficient (Wildman–Crippen LogP) is -8.72. The van der Waals surface area contributed by atoms with E-state index < -0.39 is 153 Å². The van der Waals surface area contributed by atoms with Crippen molar-refractivity contribution in [3.05, 3.63) is 0 Å². The van der Waals surface area contributed by atoms with E-state index in [2.05, 4.69) is 4.74 Å². The van der Waals surface area contributed by atoms with Crippen LogP contribution in [0.1, 0.15) is 6.92 Å². The Kier molecular flexibility index (Phi) is 13.6. The average Bonchev–Trinajstić information content (AvgIpc) is 3.09. The standard InChI is InChI=1S/C27H38O26/c1-3(28)46-16-11(36)14(49-25-9(34)4(29)5(30)15(51-25)20(37)38)18(22(41)42)52-27(16)50-13-7(32)10(35)26(53-19(13)24(44)45-2)48-12-6(31)8(33)23(43)47-17(12)21(39)40/h4-19,23,25-27,29-36,43H,1-2H3,(H,37,38)(H,39,40)(H,41,42)/t4-,5+,6+,7+,8+,9+,10+,11-,12+,13+,14+,15-,16+,17-,18-,19-,23+,25-,26-,27-/m0/s1. The molecule has 0 bridgehead atoms. The third-order valence-electron chi connectivity index (χ3n) is 8.54. The first-order valence-corrected chi connectivity index (χ1v) is 15.4. The van der Waals surface area contributed by atoms with Crippen molar-refractivity contribution < 1.29 is 128 Å². The van der Waals surface area contributed by atoms with Gasteiger partial charge in [0, 0.05) is 6.92 Å². The van der Waals surface area contributed by atoms with Crippen molar-refractivity contribution >= 4 is 29.8 Å². The minimum Gasteiger partial charge on any atom is -0.479 e. The van der Waals surface area contributed by atoms with E-state index in [1.54, 1.807) is 0 Å². The Bertz CT molecular complexity index is 1350. The van der Waals surface area contributed by atoms with Gasteiger partial charge < -0.3 is 104 Å². The second-order valence-corrected chi connectivity index (χ2v) is 12.1. The van der Waals surface area contributed by atoms with Gasteiger partial charge in [-0.3, -0.25) is 4.79 Å². The molecule has 26 nitrogen and oxygen atoms in total. The second-order valence-electron chi connectivity index (χ2n) is 12.1. The van der Waals surface area contributed by atoms with Crippen LogP contribution in [0.15, 0.2) is 0 Å². The fourth-order valence-corrected chi connectivity index (χ4v) is 5.84. The van der Waals surface area contributed by atoms with E-state index in [-0.39, 0.29) is 0 Å². The highest BCUT2D eigenvalue weighted by atomic mass is 16.8. The summed E-state index contributed by atoms with van der Waals surface area (Å²) in [5.74, 6) is -8.24. The quantitative estimate of drug-likeness (QED) is 0.0866. The Morgan fingerprint density at radius 3 is 1.38 bits per heavy atom. The van der Waals surface area contributed by atoms with Crippen LogP contribution in [-0.2, 0) is 66.6 Å². The van der Waals surface area contributed by atoms with E-state index in [1.165, 1.54) is 0 Å². The van der Waals surface area contributed by atoms with E-state index in [4.69, 9.17) is 37.9 Å². The molecular formula is C27H38O26. The average molecular weight is 779 g/mol. The van der Waals surface area contributed by atoms with Crippen LogP contribution in [0, 0.1) is 0 Å². The third kappa shape index (κ3) is 8.67. The number of carbonyl (C=O) groups excluding carboxylic acids is 2. The molecule has 0 saturated carbocycles. The summed E-state index contributed by atoms with van der Waals surface area (Å²) in [5.41, 5.74) is 0. The van der Waals surface area contributed by atoms with Crippen molar-refractivity contribution in [3.63, 3.8) is 0 Å². The number of carbonyl (C=O) groups is 5. The molecule has 0 unspecified atom stereocenters. The molecule has 0 aliphatic carbocycles. The Morgan fingerprint density at radius 2 is 0.868 bits per heavy atom. The molecule has 0 spiro atoms. The number of carboxylic acid groups (broad SMARTS) is 3. The summed E-state index contributed by atoms with van der Waals surface area (Å²) in [4.78, 5) is 60.5. The number of aliphatic hydroxyl groups excluding tert-OH is 9. The van der Waals surface area contributed by atoms with E-state index >= 15 is 0 Å². The van der Waals surface area contributed by atoms with Gasteiger partial charge in [0.1, 0.15) is 67.1 Å². The molecule has 4 fully saturated rings. The number of methoxy groups -OCH3 is 1. The monoisotopic (exact) mass is 778 g/mol. The molecule has 0 aromatic heterocycles. The molecule has 20 atom stereocenters. The topological polar surface area (TPSA) is 411 Å². The molecule has 0 radical (unpaired) electrons. The smallest absolute Gasteiger partial charge is 0.337 e. The summed E-state index contributed by atoms with van der Waals surface area (Å²) in [5, 5.41) is 123. The first-order chi connectivity index (χ1) is 24.7. The number of carboxylic acids is 3. The molecule has 12 N–H and O–H groups in total. The number of hydrogen-bond acceptors (Lipinski definition) is 23. The van der Waals surface area contributed by atoms with Crippen molar-refractivity contribution in [3.8, 4) is 0 Å². The lowest BCUT2D eigenvalue weighted by atomic mass is 9.95. The van der Waals surface area contributed by atoms with E-state index in [0.29, 0.717) is 0 Å². The van der Waals surface area contributed by atoms with Crippen LogP contribution in [0.25, 0.3) is 0 Å². The minimum atomic E-state index is -2.42. The summed E-state index contributed by atoms with van der Waals surface area (Å²) >= 11 is 0. The number of aliphatic hydroxyl groups is 9. The lowest BCUT2D eigenvalue weighted by Gasteiger charge is -2.48. The molecule has 4 aliphatic rings.